The van der Waals surface area contributed by atoms with Gasteiger partial charge in [-0.15, -0.1) is 0 Å². The molecule has 0 unspecified atom stereocenters. The van der Waals surface area contributed by atoms with E-state index in [-0.39, 0.29) is 0 Å². The van der Waals surface area contributed by atoms with Gasteiger partial charge in [0.05, 0.1) is 19.8 Å². The van der Waals surface area contributed by atoms with E-state index in [1.165, 1.54) is 0 Å². The Morgan fingerprint density at radius 1 is 1.14 bits per heavy atom. The summed E-state index contributed by atoms with van der Waals surface area (Å²) in [5.41, 5.74) is 0. The number of likely N-dealkylation sites (tertiary alicyclic amines) is 1. The molecule has 0 N–H and O–H groups in total. The molecule has 5 heteroatoms. The van der Waals surface area contributed by atoms with Gasteiger partial charge in [0.1, 0.15) is 6.61 Å². The third-order valence-corrected chi connectivity index (χ3v) is 4.02. The Morgan fingerprint density at radius 3 is 2.52 bits per heavy atom. The monoisotopic (exact) mass is 357 g/mol. The Hall–Kier alpha value is -0.780. The van der Waals surface area contributed by atoms with Crippen molar-refractivity contribution in [1.29, 1.82) is 0 Å². The zero-order valence-corrected chi connectivity index (χ0v) is 14.2. The quantitative estimate of drug-likeness (QED) is 0.669. The van der Waals surface area contributed by atoms with E-state index >= 15 is 0 Å². The standard InChI is InChI=1S/C16H24BrNO3/c1-19-15-4-2-3-5-16(15)21-13-11-18-9-6-14(7-10-18)20-12-8-17/h2-5,14H,6-13H2,1H3. The Kier molecular flexibility index (Phi) is 7.33. The second-order valence-corrected chi connectivity index (χ2v) is 5.89. The minimum Gasteiger partial charge on any atom is -0.493 e. The Morgan fingerprint density at radius 2 is 1.86 bits per heavy atom. The molecule has 0 aromatic heterocycles. The predicted molar refractivity (Wildman–Crippen MR) is 87.7 cm³/mol. The van der Waals surface area contributed by atoms with Crippen molar-refractivity contribution in [3.05, 3.63) is 24.3 Å². The summed E-state index contributed by atoms with van der Waals surface area (Å²) in [7, 11) is 1.67. The van der Waals surface area contributed by atoms with E-state index in [4.69, 9.17) is 14.2 Å². The zero-order chi connectivity index (χ0) is 14.9. The predicted octanol–water partition coefficient (Wildman–Crippen LogP) is 2.95. The van der Waals surface area contributed by atoms with Crippen molar-refractivity contribution < 1.29 is 14.2 Å². The van der Waals surface area contributed by atoms with Crippen LogP contribution in [0.2, 0.25) is 0 Å². The number of nitrogens with zero attached hydrogens (tertiary/aromatic N) is 1. The number of ether oxygens (including phenoxy) is 3. The minimum absolute atomic E-state index is 0.425. The first kappa shape index (κ1) is 16.6. The molecule has 0 spiro atoms. The molecule has 1 aromatic carbocycles. The van der Waals surface area contributed by atoms with Crippen LogP contribution < -0.4 is 9.47 Å². The first-order valence-corrected chi connectivity index (χ1v) is 8.61. The molecule has 0 bridgehead atoms. The largest absolute Gasteiger partial charge is 0.493 e. The molecule has 0 radical (unpaired) electrons. The highest BCUT2D eigenvalue weighted by molar-refractivity contribution is 9.09. The summed E-state index contributed by atoms with van der Waals surface area (Å²) >= 11 is 3.39. The number of benzene rings is 1. The average molecular weight is 358 g/mol. The number of halogens is 1. The van der Waals surface area contributed by atoms with E-state index in [2.05, 4.69) is 20.8 Å². The highest BCUT2D eigenvalue weighted by Gasteiger charge is 2.19. The van der Waals surface area contributed by atoms with Crippen molar-refractivity contribution in [2.45, 2.75) is 18.9 Å². The number of hydrogen-bond donors (Lipinski definition) is 0. The van der Waals surface area contributed by atoms with Crippen LogP contribution >= 0.6 is 15.9 Å². The van der Waals surface area contributed by atoms with Crippen LogP contribution in [0.3, 0.4) is 0 Å². The fraction of sp³-hybridized carbons (Fsp3) is 0.625. The lowest BCUT2D eigenvalue weighted by molar-refractivity contribution is 0.0134. The topological polar surface area (TPSA) is 30.9 Å². The van der Waals surface area contributed by atoms with E-state index in [1.54, 1.807) is 7.11 Å². The van der Waals surface area contributed by atoms with Crippen LogP contribution in [0.1, 0.15) is 12.8 Å². The molecule has 0 aliphatic carbocycles. The highest BCUT2D eigenvalue weighted by Crippen LogP contribution is 2.25. The van der Waals surface area contributed by atoms with Crippen LogP contribution in [0.15, 0.2) is 24.3 Å². The van der Waals surface area contributed by atoms with Gasteiger partial charge in [0.2, 0.25) is 0 Å². The fourth-order valence-corrected chi connectivity index (χ4v) is 2.72. The lowest BCUT2D eigenvalue weighted by Crippen LogP contribution is -2.39. The first-order valence-electron chi connectivity index (χ1n) is 7.49. The summed E-state index contributed by atoms with van der Waals surface area (Å²) in [6.45, 7) is 4.61. The van der Waals surface area contributed by atoms with Gasteiger partial charge < -0.3 is 14.2 Å². The maximum absolute atomic E-state index is 5.82. The summed E-state index contributed by atoms with van der Waals surface area (Å²) in [5, 5.41) is 0.917. The third-order valence-electron chi connectivity index (χ3n) is 3.70. The first-order chi connectivity index (χ1) is 10.3. The number of piperidine rings is 1. The van der Waals surface area contributed by atoms with E-state index in [1.807, 2.05) is 24.3 Å². The maximum Gasteiger partial charge on any atom is 0.161 e. The van der Waals surface area contributed by atoms with Gasteiger partial charge in [-0.3, -0.25) is 4.90 Å². The number of para-hydroxylation sites is 2. The smallest absolute Gasteiger partial charge is 0.161 e. The average Bonchev–Trinajstić information content (AvgIpc) is 2.54. The van der Waals surface area contributed by atoms with Gasteiger partial charge in [-0.2, -0.15) is 0 Å². The van der Waals surface area contributed by atoms with E-state index < -0.39 is 0 Å². The molecule has 118 valence electrons. The molecule has 1 saturated heterocycles. The summed E-state index contributed by atoms with van der Waals surface area (Å²) < 4.78 is 16.9. The van der Waals surface area contributed by atoms with Crippen molar-refractivity contribution >= 4 is 15.9 Å². The summed E-state index contributed by atoms with van der Waals surface area (Å²) in [5.74, 6) is 1.61. The lowest BCUT2D eigenvalue weighted by atomic mass is 10.1. The molecular weight excluding hydrogens is 334 g/mol. The number of rotatable bonds is 8. The summed E-state index contributed by atoms with van der Waals surface area (Å²) in [4.78, 5) is 2.43. The molecule has 1 heterocycles. The van der Waals surface area contributed by atoms with Crippen LogP contribution in [0, 0.1) is 0 Å². The van der Waals surface area contributed by atoms with Gasteiger partial charge in [0.15, 0.2) is 11.5 Å². The van der Waals surface area contributed by atoms with Crippen LogP contribution in [0.4, 0.5) is 0 Å². The summed E-state index contributed by atoms with van der Waals surface area (Å²) in [6.07, 6.45) is 2.65. The number of methoxy groups -OCH3 is 1. The SMILES string of the molecule is COc1ccccc1OCCN1CCC(OCCBr)CC1. The van der Waals surface area contributed by atoms with Crippen LogP contribution in [-0.4, -0.2) is 56.3 Å². The molecule has 1 aliphatic heterocycles. The second kappa shape index (κ2) is 9.28. The van der Waals surface area contributed by atoms with Gasteiger partial charge >= 0.3 is 0 Å². The van der Waals surface area contributed by atoms with Crippen molar-refractivity contribution in [2.24, 2.45) is 0 Å². The molecule has 2 rings (SSSR count). The van der Waals surface area contributed by atoms with E-state index in [9.17, 15) is 0 Å². The van der Waals surface area contributed by atoms with Gasteiger partial charge in [-0.25, -0.2) is 0 Å². The van der Waals surface area contributed by atoms with Crippen molar-refractivity contribution in [1.82, 2.24) is 4.90 Å². The van der Waals surface area contributed by atoms with Crippen molar-refractivity contribution in [3.8, 4) is 11.5 Å². The van der Waals surface area contributed by atoms with Gasteiger partial charge in [-0.1, -0.05) is 28.1 Å². The van der Waals surface area contributed by atoms with E-state index in [0.29, 0.717) is 12.7 Å². The Labute approximate surface area is 135 Å². The van der Waals surface area contributed by atoms with Gasteiger partial charge in [0.25, 0.3) is 0 Å². The normalized spacial score (nSPS) is 16.9. The molecular formula is C16H24BrNO3. The zero-order valence-electron chi connectivity index (χ0n) is 12.6. The Balaban J connectivity index is 1.66. The van der Waals surface area contributed by atoms with Gasteiger partial charge in [-0.05, 0) is 25.0 Å². The van der Waals surface area contributed by atoms with Crippen molar-refractivity contribution in [2.75, 3.05) is 45.3 Å². The number of hydrogen-bond acceptors (Lipinski definition) is 4. The molecule has 4 nitrogen and oxygen atoms in total. The van der Waals surface area contributed by atoms with Crippen LogP contribution in [0.25, 0.3) is 0 Å². The van der Waals surface area contributed by atoms with E-state index in [0.717, 1.165) is 55.9 Å². The molecule has 21 heavy (non-hydrogen) atoms. The lowest BCUT2D eigenvalue weighted by Gasteiger charge is -2.31. The second-order valence-electron chi connectivity index (χ2n) is 5.10. The third kappa shape index (κ3) is 5.49. The van der Waals surface area contributed by atoms with Crippen LogP contribution in [0.5, 0.6) is 11.5 Å². The Bertz CT molecular complexity index is 408. The van der Waals surface area contributed by atoms with Gasteiger partial charge in [0, 0.05) is 25.0 Å². The maximum atomic E-state index is 5.82. The highest BCUT2D eigenvalue weighted by atomic mass is 79.9. The molecule has 1 fully saturated rings. The number of alkyl halides is 1. The van der Waals surface area contributed by atoms with Crippen molar-refractivity contribution in [3.63, 3.8) is 0 Å². The minimum atomic E-state index is 0.425. The fourth-order valence-electron chi connectivity index (χ4n) is 2.53. The molecule has 1 aromatic rings. The molecule has 1 aliphatic rings. The summed E-state index contributed by atoms with van der Waals surface area (Å²) in [6, 6.07) is 7.77. The molecule has 0 saturated carbocycles. The molecule has 0 amide bonds. The molecule has 0 atom stereocenters. The van der Waals surface area contributed by atoms with Crippen LogP contribution in [-0.2, 0) is 4.74 Å².